The van der Waals surface area contributed by atoms with E-state index in [2.05, 4.69) is 10.3 Å². The number of halogens is 2. The van der Waals surface area contributed by atoms with Crippen LogP contribution in [0.2, 0.25) is 10.2 Å². The molecule has 16 heavy (non-hydrogen) atoms. The van der Waals surface area contributed by atoms with Crippen LogP contribution >= 0.6 is 23.2 Å². The number of ether oxygens (including phenoxy) is 1. The minimum atomic E-state index is 0.379. The standard InChI is InChI=1S/C11H10Cl2N2O/c1-14-9-5-8-6(3-10(9)16-2)7(12)4-11(13)15-8/h3-5,14H,1-2H3. The van der Waals surface area contributed by atoms with E-state index < -0.39 is 0 Å². The molecule has 0 radical (unpaired) electrons. The molecule has 0 saturated carbocycles. The number of hydrogen-bond donors (Lipinski definition) is 1. The summed E-state index contributed by atoms with van der Waals surface area (Å²) in [6.07, 6.45) is 0. The first kappa shape index (κ1) is 11.3. The summed E-state index contributed by atoms with van der Waals surface area (Å²) in [5.74, 6) is 0.723. The molecule has 1 N–H and O–H groups in total. The van der Waals surface area contributed by atoms with E-state index in [-0.39, 0.29) is 0 Å². The Balaban J connectivity index is 2.78. The smallest absolute Gasteiger partial charge is 0.142 e. The van der Waals surface area contributed by atoms with E-state index in [1.54, 1.807) is 13.2 Å². The third-order valence-electron chi connectivity index (χ3n) is 2.32. The van der Waals surface area contributed by atoms with Gasteiger partial charge in [0.05, 0.1) is 23.3 Å². The lowest BCUT2D eigenvalue weighted by molar-refractivity contribution is 0.417. The van der Waals surface area contributed by atoms with Crippen LogP contribution in [0.15, 0.2) is 18.2 Å². The molecule has 84 valence electrons. The average Bonchev–Trinajstić information content (AvgIpc) is 2.27. The molecule has 0 atom stereocenters. The molecule has 1 heterocycles. The third kappa shape index (κ3) is 1.88. The van der Waals surface area contributed by atoms with Crippen LogP contribution in [0, 0.1) is 0 Å². The van der Waals surface area contributed by atoms with Gasteiger partial charge in [-0.15, -0.1) is 0 Å². The predicted molar refractivity (Wildman–Crippen MR) is 67.9 cm³/mol. The van der Waals surface area contributed by atoms with Crippen LogP contribution in [0.3, 0.4) is 0 Å². The molecular formula is C11H10Cl2N2O. The summed E-state index contributed by atoms with van der Waals surface area (Å²) in [5.41, 5.74) is 1.59. The number of hydrogen-bond acceptors (Lipinski definition) is 3. The van der Waals surface area contributed by atoms with Gasteiger partial charge in [-0.2, -0.15) is 0 Å². The van der Waals surface area contributed by atoms with Crippen molar-refractivity contribution in [3.05, 3.63) is 28.4 Å². The Kier molecular flexibility index (Phi) is 3.08. The van der Waals surface area contributed by atoms with E-state index in [1.165, 1.54) is 0 Å². The lowest BCUT2D eigenvalue weighted by Gasteiger charge is -2.10. The van der Waals surface area contributed by atoms with Gasteiger partial charge >= 0.3 is 0 Å². The fourth-order valence-corrected chi connectivity index (χ4v) is 2.06. The second kappa shape index (κ2) is 4.36. The Bertz CT molecular complexity index is 543. The molecule has 2 rings (SSSR count). The monoisotopic (exact) mass is 256 g/mol. The number of nitrogens with one attached hydrogen (secondary N) is 1. The van der Waals surface area contributed by atoms with E-state index in [9.17, 15) is 0 Å². The topological polar surface area (TPSA) is 34.2 Å². The number of anilines is 1. The minimum Gasteiger partial charge on any atom is -0.495 e. The molecule has 0 aliphatic carbocycles. The highest BCUT2D eigenvalue weighted by Gasteiger charge is 2.08. The van der Waals surface area contributed by atoms with Gasteiger partial charge in [-0.25, -0.2) is 4.98 Å². The fourth-order valence-electron chi connectivity index (χ4n) is 1.55. The summed E-state index contributed by atoms with van der Waals surface area (Å²) < 4.78 is 5.25. The summed E-state index contributed by atoms with van der Waals surface area (Å²) in [6.45, 7) is 0. The average molecular weight is 257 g/mol. The predicted octanol–water partition coefficient (Wildman–Crippen LogP) is 3.59. The first-order valence-electron chi connectivity index (χ1n) is 4.67. The van der Waals surface area contributed by atoms with Crippen LogP contribution in [0.5, 0.6) is 5.75 Å². The normalized spacial score (nSPS) is 10.5. The summed E-state index contributed by atoms with van der Waals surface area (Å²) >= 11 is 11.9. The number of fused-ring (bicyclic) bond motifs is 1. The third-order valence-corrected chi connectivity index (χ3v) is 2.82. The zero-order valence-corrected chi connectivity index (χ0v) is 10.4. The van der Waals surface area contributed by atoms with Gasteiger partial charge in [0, 0.05) is 12.4 Å². The van der Waals surface area contributed by atoms with Crippen molar-refractivity contribution in [2.24, 2.45) is 0 Å². The van der Waals surface area contributed by atoms with E-state index >= 15 is 0 Å². The molecule has 0 aliphatic rings. The van der Waals surface area contributed by atoms with Crippen molar-refractivity contribution in [2.45, 2.75) is 0 Å². The number of rotatable bonds is 2. The first-order valence-corrected chi connectivity index (χ1v) is 5.43. The SMILES string of the molecule is CNc1cc2nc(Cl)cc(Cl)c2cc1OC. The van der Waals surface area contributed by atoms with E-state index in [4.69, 9.17) is 27.9 Å². The van der Waals surface area contributed by atoms with E-state index in [0.29, 0.717) is 10.2 Å². The second-order valence-corrected chi connectivity index (χ2v) is 4.04. The van der Waals surface area contributed by atoms with Gasteiger partial charge in [0.2, 0.25) is 0 Å². The molecule has 0 amide bonds. The largest absolute Gasteiger partial charge is 0.495 e. The highest BCUT2D eigenvalue weighted by Crippen LogP contribution is 2.33. The van der Waals surface area contributed by atoms with Gasteiger partial charge in [0.1, 0.15) is 10.9 Å². The molecule has 3 nitrogen and oxygen atoms in total. The van der Waals surface area contributed by atoms with Crippen LogP contribution in [0.25, 0.3) is 10.9 Å². The van der Waals surface area contributed by atoms with Crippen molar-refractivity contribution >= 4 is 39.8 Å². The van der Waals surface area contributed by atoms with Crippen LogP contribution < -0.4 is 10.1 Å². The van der Waals surface area contributed by atoms with Crippen molar-refractivity contribution in [3.8, 4) is 5.75 Å². The van der Waals surface area contributed by atoms with Crippen LogP contribution in [-0.2, 0) is 0 Å². The molecule has 0 aliphatic heterocycles. The summed E-state index contributed by atoms with van der Waals surface area (Å²) in [5, 5.41) is 4.79. The molecule has 0 unspecified atom stereocenters. The maximum absolute atomic E-state index is 6.09. The molecule has 0 spiro atoms. The van der Waals surface area contributed by atoms with E-state index in [1.807, 2.05) is 19.2 Å². The molecule has 2 aromatic rings. The van der Waals surface area contributed by atoms with Gasteiger partial charge in [0.15, 0.2) is 0 Å². The number of nitrogens with zero attached hydrogens (tertiary/aromatic N) is 1. The maximum atomic E-state index is 6.09. The van der Waals surface area contributed by atoms with Crippen LogP contribution in [-0.4, -0.2) is 19.1 Å². The highest BCUT2D eigenvalue weighted by molar-refractivity contribution is 6.37. The Morgan fingerprint density at radius 2 is 2.00 bits per heavy atom. The second-order valence-electron chi connectivity index (χ2n) is 3.25. The molecule has 0 saturated heterocycles. The van der Waals surface area contributed by atoms with Crippen molar-refractivity contribution in [2.75, 3.05) is 19.5 Å². The van der Waals surface area contributed by atoms with Gasteiger partial charge in [-0.05, 0) is 18.2 Å². The van der Waals surface area contributed by atoms with Gasteiger partial charge in [0.25, 0.3) is 0 Å². The Morgan fingerprint density at radius 1 is 1.25 bits per heavy atom. The van der Waals surface area contributed by atoms with Gasteiger partial charge in [-0.1, -0.05) is 23.2 Å². The van der Waals surface area contributed by atoms with Crippen molar-refractivity contribution in [1.29, 1.82) is 0 Å². The fraction of sp³-hybridized carbons (Fsp3) is 0.182. The molecule has 0 bridgehead atoms. The highest BCUT2D eigenvalue weighted by atomic mass is 35.5. The summed E-state index contributed by atoms with van der Waals surface area (Å²) in [7, 11) is 3.43. The van der Waals surface area contributed by atoms with Gasteiger partial charge in [-0.3, -0.25) is 0 Å². The summed E-state index contributed by atoms with van der Waals surface area (Å²) in [4.78, 5) is 4.21. The minimum absolute atomic E-state index is 0.379. The van der Waals surface area contributed by atoms with Crippen molar-refractivity contribution < 1.29 is 4.74 Å². The number of benzene rings is 1. The molecule has 5 heteroatoms. The zero-order valence-electron chi connectivity index (χ0n) is 8.84. The molecule has 0 fully saturated rings. The van der Waals surface area contributed by atoms with Crippen LogP contribution in [0.1, 0.15) is 0 Å². The molecule has 1 aromatic carbocycles. The number of aromatic nitrogens is 1. The maximum Gasteiger partial charge on any atom is 0.142 e. The van der Waals surface area contributed by atoms with E-state index in [0.717, 1.165) is 22.3 Å². The Hall–Kier alpha value is -1.19. The number of pyridine rings is 1. The van der Waals surface area contributed by atoms with Crippen molar-refractivity contribution in [1.82, 2.24) is 4.98 Å². The Morgan fingerprint density at radius 3 is 2.62 bits per heavy atom. The first-order chi connectivity index (χ1) is 7.65. The lowest BCUT2D eigenvalue weighted by atomic mass is 10.2. The van der Waals surface area contributed by atoms with Gasteiger partial charge < -0.3 is 10.1 Å². The Labute approximate surface area is 103 Å². The lowest BCUT2D eigenvalue weighted by Crippen LogP contribution is -1.94. The number of methoxy groups -OCH3 is 1. The molecule has 1 aromatic heterocycles. The quantitative estimate of drug-likeness (QED) is 0.835. The zero-order chi connectivity index (χ0) is 11.7. The summed E-state index contributed by atoms with van der Waals surface area (Å²) in [6, 6.07) is 5.31. The van der Waals surface area contributed by atoms with Crippen molar-refractivity contribution in [3.63, 3.8) is 0 Å². The van der Waals surface area contributed by atoms with Crippen LogP contribution in [0.4, 0.5) is 5.69 Å². The molecular weight excluding hydrogens is 247 g/mol.